The van der Waals surface area contributed by atoms with Crippen LogP contribution in [0.15, 0.2) is 65.8 Å². The summed E-state index contributed by atoms with van der Waals surface area (Å²) in [7, 11) is 0. The number of hydrogen-bond acceptors (Lipinski definition) is 6. The van der Waals surface area contributed by atoms with Crippen LogP contribution in [-0.2, 0) is 12.3 Å². The second-order valence-electron chi connectivity index (χ2n) is 6.16. The van der Waals surface area contributed by atoms with Gasteiger partial charge in [0.05, 0.1) is 29.2 Å². The van der Waals surface area contributed by atoms with E-state index in [0.29, 0.717) is 28.7 Å². The highest BCUT2D eigenvalue weighted by atomic mass is 32.2. The van der Waals surface area contributed by atoms with Crippen molar-refractivity contribution in [3.63, 3.8) is 0 Å². The molecule has 2 heterocycles. The highest BCUT2D eigenvalue weighted by Crippen LogP contribution is 2.26. The Kier molecular flexibility index (Phi) is 5.17. The molecule has 0 bridgehead atoms. The highest BCUT2D eigenvalue weighted by molar-refractivity contribution is 7.98. The maximum absolute atomic E-state index is 9.61. The molecule has 2 aromatic heterocycles. The number of rotatable bonds is 6. The molecule has 0 amide bonds. The van der Waals surface area contributed by atoms with Crippen molar-refractivity contribution in [2.24, 2.45) is 0 Å². The zero-order valence-corrected chi connectivity index (χ0v) is 16.0. The van der Waals surface area contributed by atoms with Crippen LogP contribution in [0.2, 0.25) is 0 Å². The minimum absolute atomic E-state index is 0.536. The molecule has 0 fully saturated rings. The number of thioether (sulfide) groups is 1. The predicted octanol–water partition coefficient (Wildman–Crippen LogP) is 3.38. The molecule has 138 valence electrons. The van der Waals surface area contributed by atoms with Crippen molar-refractivity contribution in [2.45, 2.75) is 24.4 Å². The lowest BCUT2D eigenvalue weighted by Gasteiger charge is -2.08. The van der Waals surface area contributed by atoms with E-state index in [2.05, 4.69) is 26.7 Å². The molecule has 2 aromatic carbocycles. The quantitative estimate of drug-likeness (QED) is 0.472. The Morgan fingerprint density at radius 1 is 1.04 bits per heavy atom. The van der Waals surface area contributed by atoms with E-state index < -0.39 is 0 Å². The van der Waals surface area contributed by atoms with Gasteiger partial charge in [0.2, 0.25) is 5.16 Å². The third-order valence-electron chi connectivity index (χ3n) is 4.28. The molecular weight excluding hydrogens is 370 g/mol. The summed E-state index contributed by atoms with van der Waals surface area (Å²) >= 11 is 1.49. The number of aryl methyl sites for hydroxylation is 1. The van der Waals surface area contributed by atoms with Gasteiger partial charge in [0, 0.05) is 5.75 Å². The summed E-state index contributed by atoms with van der Waals surface area (Å²) in [4.78, 5) is 0. The van der Waals surface area contributed by atoms with Crippen LogP contribution in [0.25, 0.3) is 5.69 Å². The van der Waals surface area contributed by atoms with Gasteiger partial charge in [-0.05, 0) is 35.0 Å². The topological polar surface area (TPSA) is 85.2 Å². The van der Waals surface area contributed by atoms with Gasteiger partial charge in [-0.3, -0.25) is 0 Å². The molecule has 0 saturated carbocycles. The molecular formula is C20H17N7S. The van der Waals surface area contributed by atoms with Crippen LogP contribution < -0.4 is 0 Å². The van der Waals surface area contributed by atoms with Gasteiger partial charge in [0.1, 0.15) is 6.07 Å². The third-order valence-corrected chi connectivity index (χ3v) is 5.25. The summed E-state index contributed by atoms with van der Waals surface area (Å²) in [5.41, 5.74) is 4.20. The maximum atomic E-state index is 9.61. The van der Waals surface area contributed by atoms with Gasteiger partial charge in [0.25, 0.3) is 0 Å². The first-order valence-electron chi connectivity index (χ1n) is 8.73. The van der Waals surface area contributed by atoms with Crippen molar-refractivity contribution < 1.29 is 0 Å². The van der Waals surface area contributed by atoms with Gasteiger partial charge in [-0.2, -0.15) is 10.4 Å². The van der Waals surface area contributed by atoms with E-state index in [1.807, 2.05) is 72.3 Å². The first-order valence-corrected chi connectivity index (χ1v) is 9.71. The van der Waals surface area contributed by atoms with Crippen LogP contribution in [-0.4, -0.2) is 30.0 Å². The molecule has 0 saturated heterocycles. The number of aromatic nitrogens is 6. The molecule has 4 rings (SSSR count). The minimum Gasteiger partial charge on any atom is -0.235 e. The molecule has 8 heteroatoms. The van der Waals surface area contributed by atoms with E-state index in [-0.39, 0.29) is 0 Å². The summed E-state index contributed by atoms with van der Waals surface area (Å²) in [6.45, 7) is 2.45. The van der Waals surface area contributed by atoms with Crippen molar-refractivity contribution in [2.75, 3.05) is 0 Å². The number of hydrogen-bond donors (Lipinski definition) is 0. The Bertz CT molecular complexity index is 1110. The Morgan fingerprint density at radius 3 is 2.46 bits per heavy atom. The van der Waals surface area contributed by atoms with E-state index in [9.17, 15) is 5.26 Å². The average molecular weight is 387 g/mol. The first-order chi connectivity index (χ1) is 13.8. The summed E-state index contributed by atoms with van der Waals surface area (Å²) in [6.07, 6.45) is 0. The second-order valence-corrected chi connectivity index (χ2v) is 7.10. The van der Waals surface area contributed by atoms with Gasteiger partial charge < -0.3 is 0 Å². The van der Waals surface area contributed by atoms with Gasteiger partial charge in [0.15, 0.2) is 0 Å². The normalized spacial score (nSPS) is 10.7. The Labute approximate surface area is 166 Å². The number of nitrogens with zero attached hydrogens (tertiary/aromatic N) is 7. The van der Waals surface area contributed by atoms with E-state index in [1.54, 1.807) is 4.68 Å². The van der Waals surface area contributed by atoms with E-state index >= 15 is 0 Å². The smallest absolute Gasteiger partial charge is 0.210 e. The van der Waals surface area contributed by atoms with Crippen molar-refractivity contribution >= 4 is 11.8 Å². The number of tetrazole rings is 1. The number of nitriles is 1. The molecule has 0 aliphatic heterocycles. The van der Waals surface area contributed by atoms with Crippen molar-refractivity contribution in [3.05, 3.63) is 83.2 Å². The van der Waals surface area contributed by atoms with Gasteiger partial charge in [-0.15, -0.1) is 5.10 Å². The highest BCUT2D eigenvalue weighted by Gasteiger charge is 2.18. The summed E-state index contributed by atoms with van der Waals surface area (Å²) in [6, 6.07) is 22.1. The molecule has 0 radical (unpaired) electrons. The summed E-state index contributed by atoms with van der Waals surface area (Å²) < 4.78 is 3.59. The van der Waals surface area contributed by atoms with E-state index in [1.165, 1.54) is 11.8 Å². The second kappa shape index (κ2) is 8.06. The molecule has 0 aliphatic rings. The fraction of sp³-hybridized carbons (Fsp3) is 0.150. The van der Waals surface area contributed by atoms with Gasteiger partial charge in [-0.1, -0.05) is 60.3 Å². The van der Waals surface area contributed by atoms with Crippen LogP contribution in [0.3, 0.4) is 0 Å². The van der Waals surface area contributed by atoms with Crippen LogP contribution >= 0.6 is 11.8 Å². The van der Waals surface area contributed by atoms with Crippen molar-refractivity contribution in [3.8, 4) is 11.8 Å². The lowest BCUT2D eigenvalue weighted by Crippen LogP contribution is -2.05. The Balaban J connectivity index is 1.60. The fourth-order valence-electron chi connectivity index (χ4n) is 2.92. The van der Waals surface area contributed by atoms with Crippen LogP contribution in [0.5, 0.6) is 0 Å². The van der Waals surface area contributed by atoms with Crippen molar-refractivity contribution in [1.29, 1.82) is 5.26 Å². The number of para-hydroxylation sites is 1. The van der Waals surface area contributed by atoms with Gasteiger partial charge >= 0.3 is 0 Å². The molecule has 0 atom stereocenters. The largest absolute Gasteiger partial charge is 0.235 e. The average Bonchev–Trinajstić information content (AvgIpc) is 3.31. The lowest BCUT2D eigenvalue weighted by atomic mass is 10.2. The van der Waals surface area contributed by atoms with E-state index in [0.717, 1.165) is 16.9 Å². The maximum Gasteiger partial charge on any atom is 0.210 e. The summed E-state index contributed by atoms with van der Waals surface area (Å²) in [5, 5.41) is 26.9. The lowest BCUT2D eigenvalue weighted by molar-refractivity contribution is 0.602. The molecule has 0 aliphatic carbocycles. The van der Waals surface area contributed by atoms with Gasteiger partial charge in [-0.25, -0.2) is 9.36 Å². The van der Waals surface area contributed by atoms with Crippen LogP contribution in [0, 0.1) is 18.3 Å². The Morgan fingerprint density at radius 2 is 1.75 bits per heavy atom. The monoisotopic (exact) mass is 387 g/mol. The molecule has 4 aromatic rings. The minimum atomic E-state index is 0.536. The molecule has 7 nitrogen and oxygen atoms in total. The zero-order valence-electron chi connectivity index (χ0n) is 15.2. The zero-order chi connectivity index (χ0) is 19.3. The molecule has 28 heavy (non-hydrogen) atoms. The molecule has 0 unspecified atom stereocenters. The summed E-state index contributed by atoms with van der Waals surface area (Å²) in [5.74, 6) is 0.536. The molecule has 0 spiro atoms. The van der Waals surface area contributed by atoms with Crippen molar-refractivity contribution in [1.82, 2.24) is 30.0 Å². The SMILES string of the molecule is Cc1nn(-c2ccccc2)c(CSc2nnnn2Cc2ccccc2)c1C#N. The van der Waals surface area contributed by atoms with Crippen LogP contribution in [0.4, 0.5) is 0 Å². The third kappa shape index (κ3) is 3.66. The van der Waals surface area contributed by atoms with Crippen LogP contribution in [0.1, 0.15) is 22.5 Å². The standard InChI is InChI=1S/C20H17N7S/c1-15-18(12-21)19(27(23-15)17-10-6-3-7-11-17)14-28-20-22-24-25-26(20)13-16-8-4-2-5-9-16/h2-11H,13-14H2,1H3. The Hall–Kier alpha value is -3.44. The van der Waals surface area contributed by atoms with E-state index in [4.69, 9.17) is 0 Å². The first kappa shape index (κ1) is 17.9. The number of benzene rings is 2. The molecule has 0 N–H and O–H groups in total. The fourth-order valence-corrected chi connectivity index (χ4v) is 3.80. The predicted molar refractivity (Wildman–Crippen MR) is 106 cm³/mol.